The third-order valence-corrected chi connectivity index (χ3v) is 9.31. The average Bonchev–Trinajstić information content (AvgIpc) is 2.81. The molecule has 0 aromatic carbocycles. The molecule has 0 spiro atoms. The summed E-state index contributed by atoms with van der Waals surface area (Å²) in [6.45, 7) is 8.74. The van der Waals surface area contributed by atoms with Gasteiger partial charge >= 0.3 is 11.9 Å². The fourth-order valence-corrected chi connectivity index (χ4v) is 7.77. The van der Waals surface area contributed by atoms with Crippen LogP contribution in [-0.2, 0) is 28.5 Å². The highest BCUT2D eigenvalue weighted by molar-refractivity contribution is 5.71. The molecule has 8 nitrogen and oxygen atoms in total. The van der Waals surface area contributed by atoms with Crippen LogP contribution in [0.3, 0.4) is 0 Å². The van der Waals surface area contributed by atoms with E-state index in [9.17, 15) is 9.59 Å². The maximum atomic E-state index is 11.9. The zero-order valence-corrected chi connectivity index (χ0v) is 23.6. The van der Waals surface area contributed by atoms with E-state index in [1.165, 1.54) is 12.8 Å². The van der Waals surface area contributed by atoms with Gasteiger partial charge in [0.15, 0.2) is 0 Å². The van der Waals surface area contributed by atoms with Crippen LogP contribution in [0.15, 0.2) is 0 Å². The SMILES string of the molecule is CCOC(=O)CC1(OC)C2CCCC1CN(C)C2.CCOC(=O)CC1(OC)C2CCCC1CN(C)C2. The smallest absolute Gasteiger partial charge is 0.308 e. The largest absolute Gasteiger partial charge is 0.466 e. The highest BCUT2D eigenvalue weighted by atomic mass is 16.5. The number of hydrogen-bond acceptors (Lipinski definition) is 8. The molecule has 208 valence electrons. The molecule has 2 heterocycles. The van der Waals surface area contributed by atoms with Crippen molar-refractivity contribution in [3.8, 4) is 0 Å². The van der Waals surface area contributed by atoms with Crippen molar-refractivity contribution < 1.29 is 28.5 Å². The van der Waals surface area contributed by atoms with Gasteiger partial charge in [-0.1, -0.05) is 12.8 Å². The first-order chi connectivity index (χ1) is 17.2. The Kier molecular flexibility index (Phi) is 10.6. The lowest BCUT2D eigenvalue weighted by atomic mass is 9.64. The molecule has 0 amide bonds. The second-order valence-corrected chi connectivity index (χ2v) is 11.4. The van der Waals surface area contributed by atoms with Crippen molar-refractivity contribution in [1.82, 2.24) is 9.80 Å². The van der Waals surface area contributed by atoms with E-state index in [0.29, 0.717) is 49.7 Å². The van der Waals surface area contributed by atoms with Gasteiger partial charge in [0.1, 0.15) is 0 Å². The van der Waals surface area contributed by atoms with Gasteiger partial charge in [0.05, 0.1) is 37.3 Å². The van der Waals surface area contributed by atoms with Crippen LogP contribution in [-0.4, -0.2) is 101 Å². The lowest BCUT2D eigenvalue weighted by Gasteiger charge is -2.54. The summed E-state index contributed by atoms with van der Waals surface area (Å²) in [6.07, 6.45) is 8.00. The summed E-state index contributed by atoms with van der Waals surface area (Å²) < 4.78 is 22.0. The van der Waals surface area contributed by atoms with Gasteiger partial charge in [-0.15, -0.1) is 0 Å². The van der Waals surface area contributed by atoms with Crippen molar-refractivity contribution in [1.29, 1.82) is 0 Å². The van der Waals surface area contributed by atoms with Crippen molar-refractivity contribution in [2.75, 3.05) is 67.7 Å². The van der Waals surface area contributed by atoms with Crippen LogP contribution >= 0.6 is 0 Å². The van der Waals surface area contributed by atoms with Crippen molar-refractivity contribution in [2.45, 2.75) is 76.4 Å². The van der Waals surface area contributed by atoms with Gasteiger partial charge in [0, 0.05) is 64.1 Å². The van der Waals surface area contributed by atoms with Gasteiger partial charge in [-0.25, -0.2) is 0 Å². The molecule has 2 aliphatic carbocycles. The van der Waals surface area contributed by atoms with Crippen LogP contribution in [0.5, 0.6) is 0 Å². The van der Waals surface area contributed by atoms with E-state index in [2.05, 4.69) is 23.9 Å². The molecule has 4 aliphatic rings. The highest BCUT2D eigenvalue weighted by Crippen LogP contribution is 2.48. The summed E-state index contributed by atoms with van der Waals surface area (Å²) in [5.41, 5.74) is -0.561. The molecular weight excluding hydrogens is 460 g/mol. The Morgan fingerprint density at radius 1 is 0.667 bits per heavy atom. The Hall–Kier alpha value is -1.22. The van der Waals surface area contributed by atoms with Crippen LogP contribution in [0.4, 0.5) is 0 Å². The summed E-state index contributed by atoms with van der Waals surface area (Å²) in [6, 6.07) is 0. The minimum Gasteiger partial charge on any atom is -0.466 e. The quantitative estimate of drug-likeness (QED) is 0.460. The predicted octanol–water partition coefficient (Wildman–Crippen LogP) is 3.37. The zero-order chi connectivity index (χ0) is 26.3. The number of piperidine rings is 2. The Bertz CT molecular complexity index is 643. The third-order valence-electron chi connectivity index (χ3n) is 9.31. The first-order valence-electron chi connectivity index (χ1n) is 14.0. The summed E-state index contributed by atoms with van der Waals surface area (Å²) >= 11 is 0. The lowest BCUT2D eigenvalue weighted by molar-refractivity contribution is -0.181. The molecule has 0 aromatic rings. The van der Waals surface area contributed by atoms with Gasteiger partial charge in [-0.05, 0) is 53.6 Å². The normalized spacial score (nSPS) is 36.4. The summed E-state index contributed by atoms with van der Waals surface area (Å²) in [7, 11) is 7.84. The van der Waals surface area contributed by atoms with E-state index in [-0.39, 0.29) is 23.1 Å². The summed E-state index contributed by atoms with van der Waals surface area (Å²) in [4.78, 5) is 28.5. The first-order valence-corrected chi connectivity index (χ1v) is 14.0. The zero-order valence-electron chi connectivity index (χ0n) is 23.6. The van der Waals surface area contributed by atoms with Gasteiger partial charge in [0.2, 0.25) is 0 Å². The van der Waals surface area contributed by atoms with E-state index in [0.717, 1.165) is 51.9 Å². The van der Waals surface area contributed by atoms with Crippen molar-refractivity contribution >= 4 is 11.9 Å². The Morgan fingerprint density at radius 2 is 0.972 bits per heavy atom. The van der Waals surface area contributed by atoms with E-state index in [1.807, 2.05) is 13.8 Å². The van der Waals surface area contributed by atoms with Crippen LogP contribution in [0.2, 0.25) is 0 Å². The van der Waals surface area contributed by atoms with Crippen LogP contribution < -0.4 is 0 Å². The number of carbonyl (C=O) groups excluding carboxylic acids is 2. The highest BCUT2D eigenvalue weighted by Gasteiger charge is 2.53. The van der Waals surface area contributed by atoms with Crippen LogP contribution in [0.25, 0.3) is 0 Å². The molecule has 4 bridgehead atoms. The monoisotopic (exact) mass is 510 g/mol. The predicted molar refractivity (Wildman–Crippen MR) is 139 cm³/mol. The maximum Gasteiger partial charge on any atom is 0.308 e. The van der Waals surface area contributed by atoms with Crippen molar-refractivity contribution in [2.24, 2.45) is 23.7 Å². The number of methoxy groups -OCH3 is 2. The standard InChI is InChI=1S/2C14H25NO3/c2*1-4-18-13(16)8-14(17-3)11-6-5-7-12(14)10-15(2)9-11/h2*11-12H,4-10H2,1-3H3. The van der Waals surface area contributed by atoms with E-state index < -0.39 is 0 Å². The average molecular weight is 511 g/mol. The molecule has 0 radical (unpaired) electrons. The fraction of sp³-hybridized carbons (Fsp3) is 0.929. The molecular formula is C28H50N2O6. The molecule has 4 fully saturated rings. The fourth-order valence-electron chi connectivity index (χ4n) is 7.77. The Labute approximate surface area is 218 Å². The second-order valence-electron chi connectivity index (χ2n) is 11.4. The molecule has 2 aliphatic heterocycles. The van der Waals surface area contributed by atoms with Gasteiger partial charge in [-0.2, -0.15) is 0 Å². The first kappa shape index (κ1) is 29.3. The lowest BCUT2D eigenvalue weighted by Crippen LogP contribution is -2.61. The van der Waals surface area contributed by atoms with Gasteiger partial charge in [0.25, 0.3) is 0 Å². The third kappa shape index (κ3) is 6.25. The van der Waals surface area contributed by atoms with E-state index >= 15 is 0 Å². The maximum absolute atomic E-state index is 11.9. The number of fused-ring (bicyclic) bond motifs is 4. The number of esters is 2. The summed E-state index contributed by atoms with van der Waals surface area (Å²) in [5.74, 6) is 1.63. The molecule has 36 heavy (non-hydrogen) atoms. The number of rotatable bonds is 8. The molecule has 2 saturated heterocycles. The molecule has 0 aromatic heterocycles. The molecule has 8 heteroatoms. The van der Waals surface area contributed by atoms with Gasteiger partial charge in [-0.3, -0.25) is 9.59 Å². The topological polar surface area (TPSA) is 77.5 Å². The molecule has 0 N–H and O–H groups in total. The molecule has 4 rings (SSSR count). The summed E-state index contributed by atoms with van der Waals surface area (Å²) in [5, 5.41) is 0. The molecule has 2 saturated carbocycles. The number of likely N-dealkylation sites (tertiary alicyclic amines) is 2. The van der Waals surface area contributed by atoms with Gasteiger partial charge < -0.3 is 28.7 Å². The van der Waals surface area contributed by atoms with Crippen molar-refractivity contribution in [3.63, 3.8) is 0 Å². The van der Waals surface area contributed by atoms with Crippen LogP contribution in [0, 0.1) is 23.7 Å². The molecule has 4 atom stereocenters. The number of carbonyl (C=O) groups is 2. The number of hydrogen-bond donors (Lipinski definition) is 0. The Balaban J connectivity index is 0.000000201. The Morgan fingerprint density at radius 3 is 1.22 bits per heavy atom. The second kappa shape index (κ2) is 13.0. The number of nitrogens with zero attached hydrogens (tertiary/aromatic N) is 2. The van der Waals surface area contributed by atoms with Crippen LogP contribution in [0.1, 0.15) is 65.2 Å². The van der Waals surface area contributed by atoms with E-state index in [4.69, 9.17) is 18.9 Å². The van der Waals surface area contributed by atoms with Crippen molar-refractivity contribution in [3.05, 3.63) is 0 Å². The number of ether oxygens (including phenoxy) is 4. The molecule has 4 unspecified atom stereocenters. The minimum absolute atomic E-state index is 0.110. The van der Waals surface area contributed by atoms with E-state index in [1.54, 1.807) is 14.2 Å². The minimum atomic E-state index is -0.281.